The van der Waals surface area contributed by atoms with E-state index in [4.69, 9.17) is 4.74 Å². The lowest BCUT2D eigenvalue weighted by molar-refractivity contribution is -0.143. The second-order valence-corrected chi connectivity index (χ2v) is 8.71. The summed E-state index contributed by atoms with van der Waals surface area (Å²) < 4.78 is 6.11. The lowest BCUT2D eigenvalue weighted by atomic mass is 9.80. The zero-order chi connectivity index (χ0) is 24.1. The van der Waals surface area contributed by atoms with Crippen molar-refractivity contribution in [3.05, 3.63) is 95.6 Å². The minimum atomic E-state index is -0.888. The van der Waals surface area contributed by atoms with Crippen LogP contribution in [-0.4, -0.2) is 39.6 Å². The lowest BCUT2D eigenvalue weighted by Crippen LogP contribution is -2.50. The number of hydrogen-bond donors (Lipinski definition) is 3. The number of hydrogen-bond acceptors (Lipinski definition) is 5. The number of rotatable bonds is 8. The van der Waals surface area contributed by atoms with E-state index in [0.717, 1.165) is 16.7 Å². The van der Waals surface area contributed by atoms with Crippen molar-refractivity contribution in [1.29, 1.82) is 0 Å². The molecular formula is C27H28N2O5. The Hall–Kier alpha value is -3.84. The summed E-state index contributed by atoms with van der Waals surface area (Å²) in [6.07, 6.45) is 0.711. The highest BCUT2D eigenvalue weighted by Gasteiger charge is 2.49. The molecule has 3 N–H and O–H groups in total. The Balaban J connectivity index is 1.58. The molecule has 7 heteroatoms. The number of carbonyl (C=O) groups is 2. The van der Waals surface area contributed by atoms with Gasteiger partial charge in [0, 0.05) is 18.5 Å². The first-order valence-electron chi connectivity index (χ1n) is 11.2. The number of phenolic OH excluding ortho intramolecular Hbond substituents is 1. The van der Waals surface area contributed by atoms with Gasteiger partial charge in [0.15, 0.2) is 0 Å². The summed E-state index contributed by atoms with van der Waals surface area (Å²) in [5, 5.41) is 18.9. The van der Waals surface area contributed by atoms with Crippen molar-refractivity contribution in [2.24, 2.45) is 0 Å². The molecule has 0 aliphatic carbocycles. The third-order valence-electron chi connectivity index (χ3n) is 6.46. The molecule has 1 heterocycles. The first kappa shape index (κ1) is 23.3. The number of phenols is 1. The summed E-state index contributed by atoms with van der Waals surface area (Å²) in [7, 11) is 0. The zero-order valence-electron chi connectivity index (χ0n) is 19.0. The van der Waals surface area contributed by atoms with Gasteiger partial charge in [0.25, 0.3) is 5.91 Å². The molecule has 1 aliphatic heterocycles. The fourth-order valence-corrected chi connectivity index (χ4v) is 4.47. The number of likely N-dealkylation sites (tertiary alicyclic amines) is 1. The van der Waals surface area contributed by atoms with Gasteiger partial charge >= 0.3 is 0 Å². The molecule has 2 amide bonds. The number of nitrogens with one attached hydrogen (secondary N) is 1. The fourth-order valence-electron chi connectivity index (χ4n) is 4.47. The number of carbonyl (C=O) groups excluding carboxylic acids is 2. The monoisotopic (exact) mass is 460 g/mol. The molecule has 1 fully saturated rings. The third-order valence-corrected chi connectivity index (χ3v) is 6.46. The van der Waals surface area contributed by atoms with Crippen molar-refractivity contribution in [3.8, 4) is 11.5 Å². The van der Waals surface area contributed by atoms with E-state index in [-0.39, 0.29) is 18.1 Å². The van der Waals surface area contributed by atoms with E-state index in [0.29, 0.717) is 25.3 Å². The van der Waals surface area contributed by atoms with Crippen molar-refractivity contribution < 1.29 is 24.6 Å². The largest absolute Gasteiger partial charge is 0.508 e. The molecule has 3 aromatic carbocycles. The van der Waals surface area contributed by atoms with E-state index in [1.807, 2.05) is 61.5 Å². The minimum Gasteiger partial charge on any atom is -0.508 e. The minimum absolute atomic E-state index is 0.115. The Bertz CT molecular complexity index is 1150. The molecule has 34 heavy (non-hydrogen) atoms. The van der Waals surface area contributed by atoms with Crippen LogP contribution in [0.15, 0.2) is 78.9 Å². The molecule has 4 rings (SSSR count). The number of ether oxygens (including phenoxy) is 1. The molecule has 0 spiro atoms. The topological polar surface area (TPSA) is 99.1 Å². The van der Waals surface area contributed by atoms with Crippen molar-refractivity contribution in [2.45, 2.75) is 37.8 Å². The molecule has 0 aromatic heterocycles. The van der Waals surface area contributed by atoms with Gasteiger partial charge in [0.2, 0.25) is 5.91 Å². The quantitative estimate of drug-likeness (QED) is 0.353. The van der Waals surface area contributed by atoms with Gasteiger partial charge in [-0.15, -0.1) is 0 Å². The van der Waals surface area contributed by atoms with Gasteiger partial charge in [0.05, 0.1) is 5.41 Å². The molecule has 2 unspecified atom stereocenters. The number of benzene rings is 3. The van der Waals surface area contributed by atoms with Gasteiger partial charge in [-0.2, -0.15) is 0 Å². The standard InChI is InChI=1S/C27H28N2O5/c1-27(22-9-5-6-10-24(22)34-18-20-7-3-2-4-8-20)15-16-29(26(27)32)23(25(31)28-33)17-19-11-13-21(30)14-12-19/h2-14,23,30,33H,15-18H2,1H3,(H,28,31). The molecular weight excluding hydrogens is 432 g/mol. The third kappa shape index (κ3) is 4.75. The summed E-state index contributed by atoms with van der Waals surface area (Å²) in [6, 6.07) is 22.9. The van der Waals surface area contributed by atoms with Crippen molar-refractivity contribution in [2.75, 3.05) is 6.54 Å². The molecule has 7 nitrogen and oxygen atoms in total. The number of aromatic hydroxyl groups is 1. The van der Waals surface area contributed by atoms with Gasteiger partial charge in [-0.3, -0.25) is 14.8 Å². The maximum Gasteiger partial charge on any atom is 0.266 e. The number of para-hydroxylation sites is 1. The van der Waals surface area contributed by atoms with Crippen molar-refractivity contribution in [1.82, 2.24) is 10.4 Å². The van der Waals surface area contributed by atoms with E-state index in [2.05, 4.69) is 0 Å². The summed E-state index contributed by atoms with van der Waals surface area (Å²) in [4.78, 5) is 27.8. The van der Waals surface area contributed by atoms with Crippen LogP contribution < -0.4 is 10.2 Å². The smallest absolute Gasteiger partial charge is 0.266 e. The van der Waals surface area contributed by atoms with E-state index in [9.17, 15) is 19.9 Å². The van der Waals surface area contributed by atoms with Gasteiger partial charge in [0.1, 0.15) is 24.1 Å². The first-order valence-corrected chi connectivity index (χ1v) is 11.2. The SMILES string of the molecule is CC1(c2ccccc2OCc2ccccc2)CCN(C(Cc2ccc(O)cc2)C(=O)NO)C1=O. The zero-order valence-corrected chi connectivity index (χ0v) is 19.0. The van der Waals surface area contributed by atoms with E-state index in [1.54, 1.807) is 17.6 Å². The van der Waals surface area contributed by atoms with Crippen LogP contribution in [0, 0.1) is 0 Å². The number of hydroxylamine groups is 1. The van der Waals surface area contributed by atoms with Crippen molar-refractivity contribution in [3.63, 3.8) is 0 Å². The van der Waals surface area contributed by atoms with Gasteiger partial charge in [-0.25, -0.2) is 5.48 Å². The Morgan fingerprint density at radius 1 is 1.03 bits per heavy atom. The maximum atomic E-state index is 13.7. The Morgan fingerprint density at radius 3 is 2.41 bits per heavy atom. The lowest BCUT2D eigenvalue weighted by Gasteiger charge is -2.30. The molecule has 1 aliphatic rings. The highest BCUT2D eigenvalue weighted by molar-refractivity contribution is 5.95. The highest BCUT2D eigenvalue weighted by atomic mass is 16.5. The Labute approximate surface area is 198 Å². The fraction of sp³-hybridized carbons (Fsp3) is 0.259. The Morgan fingerprint density at radius 2 is 1.71 bits per heavy atom. The van der Waals surface area contributed by atoms with Crippen LogP contribution in [0.25, 0.3) is 0 Å². The van der Waals surface area contributed by atoms with E-state index in [1.165, 1.54) is 17.0 Å². The molecule has 3 aromatic rings. The highest BCUT2D eigenvalue weighted by Crippen LogP contribution is 2.41. The summed E-state index contributed by atoms with van der Waals surface area (Å²) >= 11 is 0. The second kappa shape index (κ2) is 9.97. The Kier molecular flexibility index (Phi) is 6.84. The molecule has 1 saturated heterocycles. The number of amides is 2. The molecule has 0 bridgehead atoms. The predicted octanol–water partition coefficient (Wildman–Crippen LogP) is 3.58. The summed E-state index contributed by atoms with van der Waals surface area (Å²) in [5.74, 6) is -0.107. The van der Waals surface area contributed by atoms with Crippen LogP contribution in [0.1, 0.15) is 30.0 Å². The molecule has 176 valence electrons. The summed E-state index contributed by atoms with van der Waals surface area (Å²) in [6.45, 7) is 2.61. The molecule has 0 saturated carbocycles. The summed E-state index contributed by atoms with van der Waals surface area (Å²) in [5.41, 5.74) is 3.38. The van der Waals surface area contributed by atoms with E-state index >= 15 is 0 Å². The predicted molar refractivity (Wildman–Crippen MR) is 126 cm³/mol. The maximum absolute atomic E-state index is 13.7. The van der Waals surface area contributed by atoms with Crippen LogP contribution >= 0.6 is 0 Å². The van der Waals surface area contributed by atoms with Crippen LogP contribution in [0.4, 0.5) is 0 Å². The van der Waals surface area contributed by atoms with Crippen LogP contribution in [0.2, 0.25) is 0 Å². The second-order valence-electron chi connectivity index (χ2n) is 8.71. The van der Waals surface area contributed by atoms with E-state index < -0.39 is 17.4 Å². The van der Waals surface area contributed by atoms with Crippen LogP contribution in [0.5, 0.6) is 11.5 Å². The number of nitrogens with zero attached hydrogens (tertiary/aromatic N) is 1. The first-order chi connectivity index (χ1) is 16.4. The van der Waals surface area contributed by atoms with Gasteiger partial charge < -0.3 is 14.7 Å². The van der Waals surface area contributed by atoms with Crippen molar-refractivity contribution >= 4 is 11.8 Å². The average Bonchev–Trinajstić information content (AvgIpc) is 3.17. The molecule has 0 radical (unpaired) electrons. The molecule has 2 atom stereocenters. The van der Waals surface area contributed by atoms with Gasteiger partial charge in [-0.1, -0.05) is 60.7 Å². The normalized spacial score (nSPS) is 18.5. The van der Waals surface area contributed by atoms with Crippen LogP contribution in [0.3, 0.4) is 0 Å². The average molecular weight is 461 g/mol. The van der Waals surface area contributed by atoms with Crippen LogP contribution in [-0.2, 0) is 28.0 Å². The van der Waals surface area contributed by atoms with Gasteiger partial charge in [-0.05, 0) is 42.7 Å².